The van der Waals surface area contributed by atoms with Gasteiger partial charge in [0.2, 0.25) is 5.84 Å². The first kappa shape index (κ1) is 10.2. The molecule has 6 heteroatoms. The molecule has 1 atom stereocenters. The van der Waals surface area contributed by atoms with Crippen LogP contribution in [0.2, 0.25) is 5.02 Å². The van der Waals surface area contributed by atoms with Gasteiger partial charge in [-0.05, 0) is 12.1 Å². The first-order valence-electron chi connectivity index (χ1n) is 4.28. The predicted molar refractivity (Wildman–Crippen MR) is 53.7 cm³/mol. The molecule has 0 bridgehead atoms. The van der Waals surface area contributed by atoms with Gasteiger partial charge in [-0.1, -0.05) is 34.9 Å². The van der Waals surface area contributed by atoms with E-state index in [0.29, 0.717) is 21.5 Å². The van der Waals surface area contributed by atoms with E-state index < -0.39 is 0 Å². The van der Waals surface area contributed by atoms with Crippen LogP contribution in [-0.4, -0.2) is 5.84 Å². The molecule has 0 amide bonds. The van der Waals surface area contributed by atoms with Crippen LogP contribution in [0, 0.1) is 12.9 Å². The molecule has 1 N–H and O–H groups in total. The molecule has 1 aliphatic rings. The summed E-state index contributed by atoms with van der Waals surface area (Å²) >= 11 is 5.85. The number of hydrogen-bond donors (Lipinski definition) is 1. The van der Waals surface area contributed by atoms with Crippen LogP contribution in [0.15, 0.2) is 33.6 Å². The lowest BCUT2D eigenvalue weighted by Gasteiger charge is -2.02. The molecule has 0 saturated carbocycles. The minimum absolute atomic E-state index is 0.230. The highest BCUT2D eigenvalue weighted by Crippen LogP contribution is 2.20. The van der Waals surface area contributed by atoms with Crippen LogP contribution < -0.4 is 5.12 Å². The highest BCUT2D eigenvalue weighted by atomic mass is 35.5. The topological polar surface area (TPSA) is 41.5 Å². The van der Waals surface area contributed by atoms with E-state index >= 15 is 0 Å². The van der Waals surface area contributed by atoms with Gasteiger partial charge in [-0.25, -0.2) is 4.39 Å². The molecule has 0 saturated heterocycles. The molecule has 1 aromatic rings. The lowest BCUT2D eigenvalue weighted by atomic mass is 10.1. The summed E-state index contributed by atoms with van der Waals surface area (Å²) in [6.45, 7) is 0. The standard InChI is InChI=1S/C9H8ClFN4/c1-15-13-9(12-14-15)5-6-7(10)3-2-4-8(6)11/h2-4,15H,1,5H2. The van der Waals surface area contributed by atoms with Crippen molar-refractivity contribution >= 4 is 17.4 Å². The molecule has 1 unspecified atom stereocenters. The second-order valence-electron chi connectivity index (χ2n) is 3.02. The van der Waals surface area contributed by atoms with E-state index in [2.05, 4.69) is 22.5 Å². The van der Waals surface area contributed by atoms with E-state index in [1.807, 2.05) is 0 Å². The van der Waals surface area contributed by atoms with Crippen LogP contribution in [0.5, 0.6) is 0 Å². The van der Waals surface area contributed by atoms with E-state index in [9.17, 15) is 4.39 Å². The molecule has 78 valence electrons. The zero-order chi connectivity index (χ0) is 10.8. The van der Waals surface area contributed by atoms with E-state index in [-0.39, 0.29) is 12.2 Å². The van der Waals surface area contributed by atoms with Gasteiger partial charge in [-0.15, -0.1) is 0 Å². The summed E-state index contributed by atoms with van der Waals surface area (Å²) in [4.78, 5) is 0. The summed E-state index contributed by atoms with van der Waals surface area (Å²) in [7, 11) is 3.52. The molecule has 0 aliphatic carbocycles. The summed E-state index contributed by atoms with van der Waals surface area (Å²) in [5, 5.41) is 12.0. The van der Waals surface area contributed by atoms with Crippen molar-refractivity contribution in [3.63, 3.8) is 0 Å². The van der Waals surface area contributed by atoms with Gasteiger partial charge in [-0.2, -0.15) is 5.12 Å². The molecular weight excluding hydrogens is 219 g/mol. The smallest absolute Gasteiger partial charge is 0.207 e. The Labute approximate surface area is 91.0 Å². The van der Waals surface area contributed by atoms with E-state index in [4.69, 9.17) is 11.6 Å². The van der Waals surface area contributed by atoms with E-state index in [0.717, 1.165) is 0 Å². The van der Waals surface area contributed by atoms with Gasteiger partial charge in [0.25, 0.3) is 0 Å². The number of rotatable bonds is 2. The van der Waals surface area contributed by atoms with Gasteiger partial charge < -0.3 is 0 Å². The summed E-state index contributed by atoms with van der Waals surface area (Å²) in [5.41, 5.74) is 0.381. The Morgan fingerprint density at radius 1 is 1.47 bits per heavy atom. The predicted octanol–water partition coefficient (Wildman–Crippen LogP) is 1.39. The number of nitrogens with zero attached hydrogens (tertiary/aromatic N) is 3. The molecular formula is C9H8ClFN4. The number of nitrogens with one attached hydrogen (secondary N) is 1. The average Bonchev–Trinajstić information content (AvgIpc) is 2.58. The molecule has 4 nitrogen and oxygen atoms in total. The van der Waals surface area contributed by atoms with Crippen LogP contribution in [0.25, 0.3) is 0 Å². The number of halogens is 2. The fourth-order valence-corrected chi connectivity index (χ4v) is 1.47. The zero-order valence-corrected chi connectivity index (χ0v) is 8.50. The van der Waals surface area contributed by atoms with Crippen molar-refractivity contribution in [1.82, 2.24) is 0 Å². The van der Waals surface area contributed by atoms with Crippen molar-refractivity contribution < 1.29 is 9.51 Å². The van der Waals surface area contributed by atoms with Gasteiger partial charge in [0.1, 0.15) is 5.82 Å². The molecule has 2 rings (SSSR count). The number of benzene rings is 1. The van der Waals surface area contributed by atoms with Gasteiger partial charge in [0, 0.05) is 22.2 Å². The number of amidine groups is 1. The highest BCUT2D eigenvalue weighted by molar-refractivity contribution is 6.31. The second-order valence-corrected chi connectivity index (χ2v) is 3.43. The third-order valence-electron chi connectivity index (χ3n) is 1.94. The summed E-state index contributed by atoms with van der Waals surface area (Å²) in [5.74, 6) is 0.0601. The Morgan fingerprint density at radius 2 is 2.27 bits per heavy atom. The maximum atomic E-state index is 13.4. The van der Waals surface area contributed by atoms with Crippen molar-refractivity contribution in [1.29, 1.82) is 0 Å². The maximum Gasteiger partial charge on any atom is 0.215 e. The largest absolute Gasteiger partial charge is 0.215 e. The van der Waals surface area contributed by atoms with Crippen LogP contribution >= 0.6 is 11.6 Å². The Morgan fingerprint density at radius 3 is 2.87 bits per heavy atom. The number of quaternary nitrogens is 1. The fourth-order valence-electron chi connectivity index (χ4n) is 1.24. The Balaban J connectivity index is 2.25. The molecule has 1 aromatic carbocycles. The van der Waals surface area contributed by atoms with Crippen molar-refractivity contribution in [2.45, 2.75) is 6.42 Å². The fraction of sp³-hybridized carbons (Fsp3) is 0.111. The third kappa shape index (κ3) is 2.19. The zero-order valence-electron chi connectivity index (χ0n) is 7.74. The third-order valence-corrected chi connectivity index (χ3v) is 2.29. The summed E-state index contributed by atoms with van der Waals surface area (Å²) < 4.78 is 13.4. The molecule has 0 aromatic heterocycles. The van der Waals surface area contributed by atoms with Crippen molar-refractivity contribution in [2.75, 3.05) is 0 Å². The minimum Gasteiger partial charge on any atom is -0.207 e. The normalized spacial score (nSPS) is 19.4. The minimum atomic E-state index is -0.363. The summed E-state index contributed by atoms with van der Waals surface area (Å²) in [6, 6.07) is 4.53. The average molecular weight is 227 g/mol. The van der Waals surface area contributed by atoms with Gasteiger partial charge in [0.15, 0.2) is 0 Å². The van der Waals surface area contributed by atoms with Crippen LogP contribution in [0.3, 0.4) is 0 Å². The van der Waals surface area contributed by atoms with Crippen molar-refractivity contribution in [3.05, 3.63) is 41.7 Å². The van der Waals surface area contributed by atoms with Crippen LogP contribution in [-0.2, 0) is 6.42 Å². The van der Waals surface area contributed by atoms with E-state index in [1.165, 1.54) is 6.07 Å². The van der Waals surface area contributed by atoms with Gasteiger partial charge >= 0.3 is 0 Å². The Hall–Kier alpha value is -1.33. The SMILES string of the molecule is [CH2-][NH+]1N=NC(Cc2c(F)cccc2Cl)=N1. The summed E-state index contributed by atoms with van der Waals surface area (Å²) in [6.07, 6.45) is 0.230. The Bertz CT molecular complexity index is 423. The molecule has 1 heterocycles. The van der Waals surface area contributed by atoms with Crippen LogP contribution in [0.4, 0.5) is 4.39 Å². The van der Waals surface area contributed by atoms with Gasteiger partial charge in [0.05, 0.1) is 0 Å². The second kappa shape index (κ2) is 4.04. The first-order chi connectivity index (χ1) is 7.16. The molecule has 0 spiro atoms. The monoisotopic (exact) mass is 226 g/mol. The lowest BCUT2D eigenvalue weighted by Crippen LogP contribution is -2.95. The van der Waals surface area contributed by atoms with Crippen molar-refractivity contribution in [2.24, 2.45) is 15.4 Å². The lowest BCUT2D eigenvalue weighted by molar-refractivity contribution is -0.868. The van der Waals surface area contributed by atoms with Gasteiger partial charge in [-0.3, -0.25) is 0 Å². The maximum absolute atomic E-state index is 13.4. The van der Waals surface area contributed by atoms with E-state index in [1.54, 1.807) is 12.1 Å². The molecule has 15 heavy (non-hydrogen) atoms. The molecule has 0 fully saturated rings. The number of hydrogen-bond acceptors (Lipinski definition) is 3. The quantitative estimate of drug-likeness (QED) is 0.741. The highest BCUT2D eigenvalue weighted by Gasteiger charge is 2.15. The first-order valence-corrected chi connectivity index (χ1v) is 4.66. The molecule has 0 radical (unpaired) electrons. The van der Waals surface area contributed by atoms with Crippen LogP contribution in [0.1, 0.15) is 5.56 Å². The van der Waals surface area contributed by atoms with Crippen molar-refractivity contribution in [3.8, 4) is 0 Å². The Kier molecular flexibility index (Phi) is 2.75. The molecule has 1 aliphatic heterocycles.